The average molecular weight is 371 g/mol. The largest absolute Gasteiger partial charge is 0.508 e. The first kappa shape index (κ1) is 15.7. The number of fused-ring (bicyclic) bond motifs is 1. The van der Waals surface area contributed by atoms with Crippen LogP contribution in [0.4, 0.5) is 0 Å². The number of aromatic hydroxyl groups is 1. The molecule has 0 radical (unpaired) electrons. The Morgan fingerprint density at radius 3 is 2.80 bits per heavy atom. The van der Waals surface area contributed by atoms with Crippen molar-refractivity contribution in [1.29, 1.82) is 0 Å². The minimum absolute atomic E-state index is 0.172. The van der Waals surface area contributed by atoms with Crippen molar-refractivity contribution in [2.24, 2.45) is 0 Å². The maximum absolute atomic E-state index is 12.5. The van der Waals surface area contributed by atoms with E-state index in [1.807, 2.05) is 5.38 Å². The second kappa shape index (κ2) is 6.23. The summed E-state index contributed by atoms with van der Waals surface area (Å²) in [5.74, 6) is 1.09. The number of benzene rings is 1. The molecule has 0 aliphatic heterocycles. The fourth-order valence-corrected chi connectivity index (χ4v) is 3.60. The number of hydrogen-bond donors (Lipinski definition) is 2. The molecule has 3 heterocycles. The third-order valence-corrected chi connectivity index (χ3v) is 4.80. The van der Waals surface area contributed by atoms with Gasteiger partial charge in [-0.3, -0.25) is 4.79 Å². The van der Waals surface area contributed by atoms with Crippen LogP contribution in [0.5, 0.6) is 5.75 Å². The summed E-state index contributed by atoms with van der Waals surface area (Å²) in [5, 5.41) is 12.0. The summed E-state index contributed by atoms with van der Waals surface area (Å²) in [4.78, 5) is 20.3. The summed E-state index contributed by atoms with van der Waals surface area (Å²) < 4.78 is 5.38. The molecule has 2 N–H and O–H groups in total. The Hall–Kier alpha value is -2.83. The molecule has 7 heteroatoms. The molecule has 124 valence electrons. The van der Waals surface area contributed by atoms with Gasteiger partial charge in [0.25, 0.3) is 5.56 Å². The third kappa shape index (κ3) is 2.97. The van der Waals surface area contributed by atoms with Gasteiger partial charge in [-0.25, -0.2) is 4.98 Å². The second-order valence-electron chi connectivity index (χ2n) is 5.31. The predicted molar refractivity (Wildman–Crippen MR) is 99.8 cm³/mol. The van der Waals surface area contributed by atoms with Crippen LogP contribution in [-0.4, -0.2) is 15.1 Å². The standard InChI is InChI=1S/C18H11ClN2O3S/c19-13(8-10-3-5-11(22)6-4-10)16-20-17(23)15-12(9-25-18(15)21-16)14-2-1-7-24-14/h1-9,22H,(H,20,21,23)/b13-8-. The quantitative estimate of drug-likeness (QED) is 0.548. The first-order valence-corrected chi connectivity index (χ1v) is 8.59. The summed E-state index contributed by atoms with van der Waals surface area (Å²) >= 11 is 7.67. The van der Waals surface area contributed by atoms with Crippen LogP contribution in [0.3, 0.4) is 0 Å². The van der Waals surface area contributed by atoms with E-state index in [1.165, 1.54) is 11.3 Å². The van der Waals surface area contributed by atoms with Gasteiger partial charge in [-0.1, -0.05) is 23.7 Å². The van der Waals surface area contributed by atoms with Gasteiger partial charge in [-0.05, 0) is 35.9 Å². The van der Waals surface area contributed by atoms with Crippen molar-refractivity contribution in [2.75, 3.05) is 0 Å². The van der Waals surface area contributed by atoms with Crippen molar-refractivity contribution in [1.82, 2.24) is 9.97 Å². The van der Waals surface area contributed by atoms with Gasteiger partial charge < -0.3 is 14.5 Å². The van der Waals surface area contributed by atoms with Gasteiger partial charge in [-0.15, -0.1) is 11.3 Å². The normalized spacial score (nSPS) is 12.0. The van der Waals surface area contributed by atoms with E-state index in [0.717, 1.165) is 5.56 Å². The highest BCUT2D eigenvalue weighted by Gasteiger charge is 2.15. The van der Waals surface area contributed by atoms with Crippen molar-refractivity contribution < 1.29 is 9.52 Å². The lowest BCUT2D eigenvalue weighted by Gasteiger charge is -2.01. The molecule has 0 saturated carbocycles. The monoisotopic (exact) mass is 370 g/mol. The van der Waals surface area contributed by atoms with Gasteiger partial charge >= 0.3 is 0 Å². The summed E-state index contributed by atoms with van der Waals surface area (Å²) in [7, 11) is 0. The highest BCUT2D eigenvalue weighted by molar-refractivity contribution is 7.17. The molecule has 0 bridgehead atoms. The lowest BCUT2D eigenvalue weighted by atomic mass is 10.2. The van der Waals surface area contributed by atoms with Crippen LogP contribution >= 0.6 is 22.9 Å². The van der Waals surface area contributed by atoms with E-state index >= 15 is 0 Å². The first-order valence-electron chi connectivity index (χ1n) is 7.34. The number of H-pyrrole nitrogens is 1. The Bertz CT molecular complexity index is 1130. The van der Waals surface area contributed by atoms with Gasteiger partial charge in [0.2, 0.25) is 0 Å². The summed E-state index contributed by atoms with van der Waals surface area (Å²) in [6.07, 6.45) is 3.23. The van der Waals surface area contributed by atoms with Crippen LogP contribution in [0.2, 0.25) is 0 Å². The Kier molecular flexibility index (Phi) is 3.91. The maximum Gasteiger partial charge on any atom is 0.260 e. The smallest absolute Gasteiger partial charge is 0.260 e. The number of furan rings is 1. The van der Waals surface area contributed by atoms with Gasteiger partial charge in [0, 0.05) is 10.9 Å². The molecule has 3 aromatic heterocycles. The molecule has 4 aromatic rings. The van der Waals surface area contributed by atoms with E-state index in [2.05, 4.69) is 9.97 Å². The van der Waals surface area contributed by atoms with E-state index in [4.69, 9.17) is 16.0 Å². The average Bonchev–Trinajstić information content (AvgIpc) is 3.25. The van der Waals surface area contributed by atoms with Crippen molar-refractivity contribution >= 4 is 44.3 Å². The van der Waals surface area contributed by atoms with E-state index in [9.17, 15) is 9.90 Å². The van der Waals surface area contributed by atoms with E-state index in [-0.39, 0.29) is 11.3 Å². The second-order valence-corrected chi connectivity index (χ2v) is 6.57. The first-order chi connectivity index (χ1) is 12.1. The minimum Gasteiger partial charge on any atom is -0.508 e. The number of phenols is 1. The van der Waals surface area contributed by atoms with Crippen LogP contribution in [-0.2, 0) is 0 Å². The van der Waals surface area contributed by atoms with Crippen molar-refractivity contribution in [3.63, 3.8) is 0 Å². The highest BCUT2D eigenvalue weighted by atomic mass is 35.5. The van der Waals surface area contributed by atoms with Crippen LogP contribution in [0.15, 0.2) is 57.3 Å². The van der Waals surface area contributed by atoms with E-state index in [1.54, 1.807) is 48.7 Å². The third-order valence-electron chi connectivity index (χ3n) is 3.64. The number of rotatable bonds is 3. The van der Waals surface area contributed by atoms with E-state index < -0.39 is 0 Å². The number of thiophene rings is 1. The molecule has 0 atom stereocenters. The van der Waals surface area contributed by atoms with Crippen molar-refractivity contribution in [2.45, 2.75) is 0 Å². The van der Waals surface area contributed by atoms with Crippen LogP contribution < -0.4 is 5.56 Å². The van der Waals surface area contributed by atoms with Gasteiger partial charge in [0.15, 0.2) is 5.82 Å². The molecule has 0 saturated heterocycles. The SMILES string of the molecule is O=c1[nH]c(/C(Cl)=C/c2ccc(O)cc2)nc2scc(-c3ccco3)c12. The van der Waals surface area contributed by atoms with Crippen molar-refractivity contribution in [3.05, 3.63) is 69.8 Å². The summed E-state index contributed by atoms with van der Waals surface area (Å²) in [6, 6.07) is 10.1. The number of hydrogen-bond acceptors (Lipinski definition) is 5. The number of aromatic amines is 1. The van der Waals surface area contributed by atoms with E-state index in [0.29, 0.717) is 32.4 Å². The maximum atomic E-state index is 12.5. The molecule has 5 nitrogen and oxygen atoms in total. The van der Waals surface area contributed by atoms with Crippen LogP contribution in [0.25, 0.3) is 32.6 Å². The topological polar surface area (TPSA) is 79.1 Å². The number of nitrogens with zero attached hydrogens (tertiary/aromatic N) is 1. The Morgan fingerprint density at radius 1 is 1.28 bits per heavy atom. The Labute approximate surface area is 150 Å². The molecule has 0 amide bonds. The fraction of sp³-hybridized carbons (Fsp3) is 0. The molecule has 0 aliphatic carbocycles. The highest BCUT2D eigenvalue weighted by Crippen LogP contribution is 2.31. The Morgan fingerprint density at radius 2 is 2.08 bits per heavy atom. The van der Waals surface area contributed by atoms with Crippen LogP contribution in [0.1, 0.15) is 11.4 Å². The van der Waals surface area contributed by atoms with Gasteiger partial charge in [-0.2, -0.15) is 0 Å². The zero-order valence-electron chi connectivity index (χ0n) is 12.7. The summed E-state index contributed by atoms with van der Waals surface area (Å²) in [5.41, 5.74) is 1.22. The van der Waals surface area contributed by atoms with Crippen LogP contribution in [0, 0.1) is 0 Å². The molecule has 1 aromatic carbocycles. The number of phenolic OH excluding ortho intramolecular Hbond substituents is 1. The Balaban J connectivity index is 1.79. The number of aromatic nitrogens is 2. The zero-order valence-corrected chi connectivity index (χ0v) is 14.3. The summed E-state index contributed by atoms with van der Waals surface area (Å²) in [6.45, 7) is 0. The predicted octanol–water partition coefficient (Wildman–Crippen LogP) is 4.69. The van der Waals surface area contributed by atoms with Crippen molar-refractivity contribution in [3.8, 4) is 17.1 Å². The zero-order chi connectivity index (χ0) is 17.4. The minimum atomic E-state index is -0.273. The molecule has 25 heavy (non-hydrogen) atoms. The molecule has 0 fully saturated rings. The number of nitrogens with one attached hydrogen (secondary N) is 1. The number of halogens is 1. The van der Waals surface area contributed by atoms with Gasteiger partial charge in [0.1, 0.15) is 16.3 Å². The molecular weight excluding hydrogens is 360 g/mol. The molecule has 0 spiro atoms. The lowest BCUT2D eigenvalue weighted by molar-refractivity contribution is 0.475. The molecule has 0 unspecified atom stereocenters. The lowest BCUT2D eigenvalue weighted by Crippen LogP contribution is -2.10. The molecule has 0 aliphatic rings. The molecular formula is C18H11ClN2O3S. The fourth-order valence-electron chi connectivity index (χ4n) is 2.46. The molecule has 4 rings (SSSR count). The van der Waals surface area contributed by atoms with Gasteiger partial charge in [0.05, 0.1) is 16.7 Å².